The highest BCUT2D eigenvalue weighted by Gasteiger charge is 2.28. The molecule has 9 heteroatoms. The predicted molar refractivity (Wildman–Crippen MR) is 132 cm³/mol. The van der Waals surface area contributed by atoms with E-state index in [4.69, 9.17) is 11.1 Å². The molecule has 6 N–H and O–H groups in total. The largest absolute Gasteiger partial charge is 0.389 e. The predicted octanol–water partition coefficient (Wildman–Crippen LogP) is 2.32. The highest BCUT2D eigenvalue weighted by Crippen LogP contribution is 2.36. The molecule has 178 valence electrons. The van der Waals surface area contributed by atoms with Crippen molar-refractivity contribution in [2.75, 3.05) is 32.5 Å². The van der Waals surface area contributed by atoms with Gasteiger partial charge in [0.1, 0.15) is 23.2 Å². The number of aromatic nitrogens is 1. The summed E-state index contributed by atoms with van der Waals surface area (Å²) in [7, 11) is 3.45. The van der Waals surface area contributed by atoms with E-state index >= 15 is 0 Å². The molecule has 2 fully saturated rings. The molecule has 3 rings (SSSR count). The molecule has 9 nitrogen and oxygen atoms in total. The topological polar surface area (TPSA) is 123 Å². The Kier molecular flexibility index (Phi) is 7.65. The number of amides is 1. The van der Waals surface area contributed by atoms with Crippen molar-refractivity contribution in [2.24, 2.45) is 5.73 Å². The first-order valence-electron chi connectivity index (χ1n) is 11.2. The second-order valence-electron chi connectivity index (χ2n) is 8.69. The van der Waals surface area contributed by atoms with Gasteiger partial charge in [-0.05, 0) is 37.1 Å². The van der Waals surface area contributed by atoms with E-state index in [1.165, 1.54) is 6.21 Å². The number of carbonyl (C=O) groups excluding carboxylic acids is 1. The lowest BCUT2D eigenvalue weighted by Crippen LogP contribution is -2.49. The number of hydrogen-bond acceptors (Lipinski definition) is 7. The average molecular weight is 454 g/mol. The number of aliphatic hydroxyl groups is 1. The maximum atomic E-state index is 12.9. The molecular weight excluding hydrogens is 418 g/mol. The second-order valence-corrected chi connectivity index (χ2v) is 8.69. The summed E-state index contributed by atoms with van der Waals surface area (Å²) >= 11 is 0. The third-order valence-electron chi connectivity index (χ3n) is 5.97. The Bertz CT molecular complexity index is 977. The summed E-state index contributed by atoms with van der Waals surface area (Å²) in [5, 5.41) is 23.6. The van der Waals surface area contributed by atoms with Gasteiger partial charge in [-0.1, -0.05) is 26.0 Å². The van der Waals surface area contributed by atoms with E-state index in [0.29, 0.717) is 41.8 Å². The third-order valence-corrected chi connectivity index (χ3v) is 5.97. The van der Waals surface area contributed by atoms with Crippen LogP contribution in [0.4, 0.5) is 5.82 Å². The molecule has 1 aliphatic carbocycles. The Morgan fingerprint density at radius 2 is 1.97 bits per heavy atom. The number of β-amino-alcohol motifs (C(OH)–C–C–N with tert-alkyl or cyclic N) is 1. The lowest BCUT2D eigenvalue weighted by molar-refractivity contribution is 0.0272. The second kappa shape index (κ2) is 10.4. The van der Waals surface area contributed by atoms with Crippen molar-refractivity contribution in [1.29, 1.82) is 5.41 Å². The van der Waals surface area contributed by atoms with Crippen LogP contribution in [0, 0.1) is 5.41 Å². The fraction of sp³-hybridized carbons (Fsp3) is 0.417. The van der Waals surface area contributed by atoms with E-state index in [1.54, 1.807) is 37.2 Å². The van der Waals surface area contributed by atoms with Gasteiger partial charge in [-0.2, -0.15) is 0 Å². The minimum absolute atomic E-state index is 0.103. The van der Waals surface area contributed by atoms with Gasteiger partial charge < -0.3 is 41.2 Å². The molecule has 1 saturated heterocycles. The maximum Gasteiger partial charge on any atom is 0.270 e. The highest BCUT2D eigenvalue weighted by molar-refractivity contribution is 5.98. The summed E-state index contributed by atoms with van der Waals surface area (Å²) in [6.07, 6.45) is 10.4. The molecule has 0 spiro atoms. The van der Waals surface area contributed by atoms with E-state index in [0.717, 1.165) is 31.4 Å². The van der Waals surface area contributed by atoms with Crippen molar-refractivity contribution in [3.8, 4) is 0 Å². The van der Waals surface area contributed by atoms with Gasteiger partial charge in [-0.25, -0.2) is 0 Å². The Morgan fingerprint density at radius 3 is 2.52 bits per heavy atom. The Morgan fingerprint density at radius 1 is 1.30 bits per heavy atom. The monoisotopic (exact) mass is 453 g/mol. The molecule has 1 saturated carbocycles. The van der Waals surface area contributed by atoms with Gasteiger partial charge in [-0.3, -0.25) is 4.79 Å². The van der Waals surface area contributed by atoms with Crippen LogP contribution in [0.25, 0.3) is 0 Å². The number of allylic oxidation sites excluding steroid dienone is 3. The fourth-order valence-corrected chi connectivity index (χ4v) is 4.26. The minimum atomic E-state index is -0.305. The first kappa shape index (κ1) is 24.2. The molecular formula is C24H35N7O2. The van der Waals surface area contributed by atoms with Gasteiger partial charge in [0, 0.05) is 50.7 Å². The van der Waals surface area contributed by atoms with Gasteiger partial charge in [0.2, 0.25) is 0 Å². The Labute approximate surface area is 195 Å². The molecule has 2 aliphatic rings. The molecule has 2 heterocycles. The summed E-state index contributed by atoms with van der Waals surface area (Å²) in [6.45, 7) is 8.99. The van der Waals surface area contributed by atoms with Crippen LogP contribution in [0.2, 0.25) is 0 Å². The van der Waals surface area contributed by atoms with Crippen LogP contribution in [0.3, 0.4) is 0 Å². The van der Waals surface area contributed by atoms with Gasteiger partial charge in [-0.15, -0.1) is 0 Å². The molecule has 1 aromatic rings. The smallest absolute Gasteiger partial charge is 0.270 e. The highest BCUT2D eigenvalue weighted by atomic mass is 16.3. The molecule has 1 aliphatic heterocycles. The summed E-state index contributed by atoms with van der Waals surface area (Å²) in [5.41, 5.74) is 8.17. The van der Waals surface area contributed by atoms with Crippen LogP contribution >= 0.6 is 0 Å². The Hall–Kier alpha value is -3.46. The molecule has 0 atom stereocenters. The third kappa shape index (κ3) is 5.48. The lowest BCUT2D eigenvalue weighted by atomic mass is 10.1. The lowest BCUT2D eigenvalue weighted by Gasteiger charge is -2.38. The van der Waals surface area contributed by atoms with Crippen molar-refractivity contribution in [3.63, 3.8) is 0 Å². The number of nitrogens with zero attached hydrogens (tertiary/aromatic N) is 3. The van der Waals surface area contributed by atoms with E-state index in [2.05, 4.69) is 23.8 Å². The van der Waals surface area contributed by atoms with Gasteiger partial charge >= 0.3 is 0 Å². The minimum Gasteiger partial charge on any atom is -0.389 e. The number of carbonyl (C=O) groups is 1. The van der Waals surface area contributed by atoms with Crippen molar-refractivity contribution < 1.29 is 9.90 Å². The van der Waals surface area contributed by atoms with Crippen LogP contribution in [0.1, 0.15) is 47.8 Å². The SMILES string of the molecule is C=C/C(=C\C=C(/N)NC(=C)Nc1c(C=N)cc(C(=O)N(C)C)n1C1CCCC1)N1CC(O)C1. The van der Waals surface area contributed by atoms with Crippen molar-refractivity contribution in [3.05, 3.63) is 66.0 Å². The van der Waals surface area contributed by atoms with Crippen LogP contribution in [0.5, 0.6) is 0 Å². The summed E-state index contributed by atoms with van der Waals surface area (Å²) in [6, 6.07) is 1.94. The number of rotatable bonds is 10. The zero-order valence-electron chi connectivity index (χ0n) is 19.5. The van der Waals surface area contributed by atoms with E-state index in [1.807, 2.05) is 15.5 Å². The van der Waals surface area contributed by atoms with Gasteiger partial charge in [0.05, 0.1) is 6.10 Å². The maximum absolute atomic E-state index is 12.9. The average Bonchev–Trinajstić information content (AvgIpc) is 3.39. The fourth-order valence-electron chi connectivity index (χ4n) is 4.26. The normalized spacial score (nSPS) is 17.5. The molecule has 33 heavy (non-hydrogen) atoms. The summed E-state index contributed by atoms with van der Waals surface area (Å²) < 4.78 is 2.01. The first-order chi connectivity index (χ1) is 15.7. The standard InChI is InChI=1S/C24H35N7O2/c1-5-18(30-14-20(32)15-30)10-11-22(26)27-16(2)28-23-17(13-25)12-21(24(33)29(3)4)31(23)19-8-6-7-9-19/h5,10-13,19-20,25,27-28,32H,1-2,6-9,14-15,26H2,3-4H3/b18-10+,22-11+,25-13?. The van der Waals surface area contributed by atoms with E-state index in [9.17, 15) is 9.90 Å². The van der Waals surface area contributed by atoms with Crippen molar-refractivity contribution in [1.82, 2.24) is 19.7 Å². The summed E-state index contributed by atoms with van der Waals surface area (Å²) in [4.78, 5) is 16.4. The van der Waals surface area contributed by atoms with Crippen LogP contribution in [-0.2, 0) is 0 Å². The van der Waals surface area contributed by atoms with E-state index in [-0.39, 0.29) is 18.1 Å². The molecule has 0 aromatic carbocycles. The Balaban J connectivity index is 1.80. The molecule has 1 aromatic heterocycles. The molecule has 0 radical (unpaired) electrons. The number of nitrogens with two attached hydrogens (primary N) is 1. The molecule has 0 unspecified atom stereocenters. The number of likely N-dealkylation sites (tertiary alicyclic amines) is 1. The zero-order valence-corrected chi connectivity index (χ0v) is 19.5. The van der Waals surface area contributed by atoms with Gasteiger partial charge in [0.15, 0.2) is 0 Å². The number of aliphatic hydroxyl groups excluding tert-OH is 1. The van der Waals surface area contributed by atoms with Crippen molar-refractivity contribution >= 4 is 17.9 Å². The van der Waals surface area contributed by atoms with Crippen LogP contribution in [-0.4, -0.2) is 64.9 Å². The number of nitrogens with one attached hydrogen (secondary N) is 3. The first-order valence-corrected chi connectivity index (χ1v) is 11.2. The quantitative estimate of drug-likeness (QED) is 0.274. The van der Waals surface area contributed by atoms with Crippen LogP contribution in [0.15, 0.2) is 54.8 Å². The van der Waals surface area contributed by atoms with Gasteiger partial charge in [0.25, 0.3) is 5.91 Å². The van der Waals surface area contributed by atoms with E-state index < -0.39 is 0 Å². The van der Waals surface area contributed by atoms with Crippen molar-refractivity contribution in [2.45, 2.75) is 37.8 Å². The van der Waals surface area contributed by atoms with Crippen LogP contribution < -0.4 is 16.4 Å². The summed E-state index contributed by atoms with van der Waals surface area (Å²) in [5.74, 6) is 1.35. The molecule has 0 bridgehead atoms. The number of anilines is 1. The zero-order chi connectivity index (χ0) is 24.1. The molecule has 1 amide bonds. The number of hydrogen-bond donors (Lipinski definition) is 5.